The normalized spacial score (nSPS) is 18.0. The van der Waals surface area contributed by atoms with Crippen molar-refractivity contribution in [1.82, 2.24) is 19.9 Å². The summed E-state index contributed by atoms with van der Waals surface area (Å²) in [5.41, 5.74) is 0. The molecule has 1 aliphatic rings. The predicted molar refractivity (Wildman–Crippen MR) is 83.3 cm³/mol. The van der Waals surface area contributed by atoms with E-state index in [1.807, 2.05) is 0 Å². The van der Waals surface area contributed by atoms with Crippen LogP contribution in [0.3, 0.4) is 0 Å². The van der Waals surface area contributed by atoms with Crippen LogP contribution in [-0.2, 0) is 16.1 Å². The second kappa shape index (κ2) is 7.43. The number of carbonyl (C=O) groups is 1. The number of hydrogen-bond donors (Lipinski definition) is 0. The van der Waals surface area contributed by atoms with Crippen molar-refractivity contribution in [2.24, 2.45) is 0 Å². The van der Waals surface area contributed by atoms with E-state index < -0.39 is 0 Å². The van der Waals surface area contributed by atoms with Gasteiger partial charge in [0, 0.05) is 24.3 Å². The third-order valence-corrected chi connectivity index (χ3v) is 3.78. The van der Waals surface area contributed by atoms with E-state index in [0.29, 0.717) is 37.0 Å². The van der Waals surface area contributed by atoms with Crippen LogP contribution in [0.1, 0.15) is 0 Å². The van der Waals surface area contributed by atoms with Crippen LogP contribution in [0.25, 0.3) is 0 Å². The maximum Gasteiger partial charge on any atom is 0.260 e. The first-order valence-corrected chi connectivity index (χ1v) is 7.70. The molecule has 23 heavy (non-hydrogen) atoms. The molecule has 0 spiro atoms. The SMILES string of the molecule is O=C(COc1ccc(Cl)cc1)N1CCOC(Cn2ccnn2)C1. The van der Waals surface area contributed by atoms with E-state index in [-0.39, 0.29) is 18.6 Å². The molecule has 0 aliphatic carbocycles. The number of morpholine rings is 1. The highest BCUT2D eigenvalue weighted by Gasteiger charge is 2.25. The van der Waals surface area contributed by atoms with E-state index in [1.54, 1.807) is 46.2 Å². The van der Waals surface area contributed by atoms with E-state index in [2.05, 4.69) is 10.3 Å². The summed E-state index contributed by atoms with van der Waals surface area (Å²) < 4.78 is 12.9. The summed E-state index contributed by atoms with van der Waals surface area (Å²) in [5, 5.41) is 8.30. The number of ether oxygens (including phenoxy) is 2. The van der Waals surface area contributed by atoms with Crippen molar-refractivity contribution in [1.29, 1.82) is 0 Å². The van der Waals surface area contributed by atoms with Crippen molar-refractivity contribution in [3.63, 3.8) is 0 Å². The highest BCUT2D eigenvalue weighted by molar-refractivity contribution is 6.30. The number of amides is 1. The molecule has 1 unspecified atom stereocenters. The van der Waals surface area contributed by atoms with Crippen molar-refractivity contribution in [3.8, 4) is 5.75 Å². The third-order valence-electron chi connectivity index (χ3n) is 3.53. The second-order valence-corrected chi connectivity index (χ2v) is 5.64. The Kier molecular flexibility index (Phi) is 5.09. The van der Waals surface area contributed by atoms with Crippen LogP contribution in [0.5, 0.6) is 5.75 Å². The molecule has 2 heterocycles. The molecule has 1 amide bonds. The van der Waals surface area contributed by atoms with E-state index in [1.165, 1.54) is 0 Å². The maximum absolute atomic E-state index is 12.3. The van der Waals surface area contributed by atoms with Gasteiger partial charge in [-0.05, 0) is 24.3 Å². The largest absolute Gasteiger partial charge is 0.484 e. The smallest absolute Gasteiger partial charge is 0.260 e. The average Bonchev–Trinajstić information content (AvgIpc) is 3.07. The molecule has 1 atom stereocenters. The molecule has 7 nitrogen and oxygen atoms in total. The summed E-state index contributed by atoms with van der Waals surface area (Å²) in [6.45, 7) is 2.16. The van der Waals surface area contributed by atoms with Gasteiger partial charge >= 0.3 is 0 Å². The van der Waals surface area contributed by atoms with Gasteiger partial charge in [-0.25, -0.2) is 4.68 Å². The number of rotatable bonds is 5. The number of nitrogens with zero attached hydrogens (tertiary/aromatic N) is 4. The summed E-state index contributed by atoms with van der Waals surface area (Å²) in [6, 6.07) is 6.93. The molecule has 1 fully saturated rings. The van der Waals surface area contributed by atoms with Crippen LogP contribution in [0.15, 0.2) is 36.7 Å². The van der Waals surface area contributed by atoms with E-state index in [4.69, 9.17) is 21.1 Å². The molecule has 8 heteroatoms. The summed E-state index contributed by atoms with van der Waals surface area (Å²) in [4.78, 5) is 14.0. The van der Waals surface area contributed by atoms with Gasteiger partial charge in [0.15, 0.2) is 6.61 Å². The fourth-order valence-electron chi connectivity index (χ4n) is 2.36. The van der Waals surface area contributed by atoms with Gasteiger partial charge < -0.3 is 14.4 Å². The van der Waals surface area contributed by atoms with Crippen LogP contribution in [0.4, 0.5) is 0 Å². The van der Waals surface area contributed by atoms with Crippen molar-refractivity contribution in [2.45, 2.75) is 12.6 Å². The summed E-state index contributed by atoms with van der Waals surface area (Å²) in [5.74, 6) is 0.557. The first-order valence-electron chi connectivity index (χ1n) is 7.32. The molecule has 2 aromatic rings. The van der Waals surface area contributed by atoms with Gasteiger partial charge in [-0.3, -0.25) is 4.79 Å². The lowest BCUT2D eigenvalue weighted by molar-refractivity contribution is -0.141. The zero-order chi connectivity index (χ0) is 16.1. The number of hydrogen-bond acceptors (Lipinski definition) is 5. The van der Waals surface area contributed by atoms with Crippen molar-refractivity contribution in [2.75, 3.05) is 26.3 Å². The van der Waals surface area contributed by atoms with E-state index in [9.17, 15) is 4.79 Å². The molecule has 1 saturated heterocycles. The Morgan fingerprint density at radius 2 is 2.22 bits per heavy atom. The maximum atomic E-state index is 12.3. The van der Waals surface area contributed by atoms with Crippen molar-refractivity contribution in [3.05, 3.63) is 41.7 Å². The quantitative estimate of drug-likeness (QED) is 0.821. The van der Waals surface area contributed by atoms with Gasteiger partial charge in [0.1, 0.15) is 5.75 Å². The minimum absolute atomic E-state index is 0.00230. The monoisotopic (exact) mass is 336 g/mol. The minimum Gasteiger partial charge on any atom is -0.484 e. The Bertz CT molecular complexity index is 633. The third kappa shape index (κ3) is 4.43. The van der Waals surface area contributed by atoms with E-state index in [0.717, 1.165) is 0 Å². The average molecular weight is 337 g/mol. The van der Waals surface area contributed by atoms with Crippen LogP contribution >= 0.6 is 11.6 Å². The van der Waals surface area contributed by atoms with Crippen molar-refractivity contribution < 1.29 is 14.3 Å². The second-order valence-electron chi connectivity index (χ2n) is 5.20. The van der Waals surface area contributed by atoms with Crippen molar-refractivity contribution >= 4 is 17.5 Å². The first-order chi connectivity index (χ1) is 11.2. The number of benzene rings is 1. The fraction of sp³-hybridized carbons (Fsp3) is 0.400. The molecule has 3 rings (SSSR count). The molecule has 1 aromatic carbocycles. The highest BCUT2D eigenvalue weighted by atomic mass is 35.5. The van der Waals surface area contributed by atoms with Gasteiger partial charge in [-0.2, -0.15) is 0 Å². The Balaban J connectivity index is 1.49. The lowest BCUT2D eigenvalue weighted by Gasteiger charge is -2.32. The standard InChI is InChI=1S/C15H17ClN4O3/c16-12-1-3-13(4-2-12)23-11-15(21)19-7-8-22-14(9-19)10-20-6-5-17-18-20/h1-6,14H,7-11H2. The zero-order valence-corrected chi connectivity index (χ0v) is 13.2. The Morgan fingerprint density at radius 1 is 1.39 bits per heavy atom. The molecule has 1 aliphatic heterocycles. The summed E-state index contributed by atoms with van der Waals surface area (Å²) in [7, 11) is 0. The highest BCUT2D eigenvalue weighted by Crippen LogP contribution is 2.16. The minimum atomic E-state index is -0.0927. The van der Waals surface area contributed by atoms with Crippen LogP contribution in [-0.4, -0.2) is 58.2 Å². The molecule has 0 N–H and O–H groups in total. The molecule has 0 saturated carbocycles. The Labute approximate surface area is 138 Å². The lowest BCUT2D eigenvalue weighted by Crippen LogP contribution is -2.48. The lowest BCUT2D eigenvalue weighted by atomic mass is 10.2. The van der Waals surface area contributed by atoms with Gasteiger partial charge in [0.25, 0.3) is 5.91 Å². The number of carbonyl (C=O) groups excluding carboxylic acids is 1. The first kappa shape index (κ1) is 15.8. The number of aromatic nitrogens is 3. The summed E-state index contributed by atoms with van der Waals surface area (Å²) >= 11 is 5.81. The van der Waals surface area contributed by atoms with Gasteiger partial charge in [0.2, 0.25) is 0 Å². The predicted octanol–water partition coefficient (Wildman–Crippen LogP) is 1.24. The van der Waals surface area contributed by atoms with Crippen LogP contribution < -0.4 is 4.74 Å². The number of halogens is 1. The summed E-state index contributed by atoms with van der Waals surface area (Å²) in [6.07, 6.45) is 3.30. The van der Waals surface area contributed by atoms with Gasteiger partial charge in [0.05, 0.1) is 25.5 Å². The van der Waals surface area contributed by atoms with Crippen LogP contribution in [0.2, 0.25) is 5.02 Å². The molecule has 0 radical (unpaired) electrons. The molecule has 122 valence electrons. The van der Waals surface area contributed by atoms with Gasteiger partial charge in [-0.15, -0.1) is 5.10 Å². The zero-order valence-electron chi connectivity index (χ0n) is 12.5. The molecular weight excluding hydrogens is 320 g/mol. The van der Waals surface area contributed by atoms with Gasteiger partial charge in [-0.1, -0.05) is 16.8 Å². The fourth-order valence-corrected chi connectivity index (χ4v) is 2.49. The van der Waals surface area contributed by atoms with Crippen LogP contribution in [0, 0.1) is 0 Å². The molecular formula is C15H17ClN4O3. The Hall–Kier alpha value is -2.12. The van der Waals surface area contributed by atoms with E-state index >= 15 is 0 Å². The topological polar surface area (TPSA) is 69.5 Å². The Morgan fingerprint density at radius 3 is 2.96 bits per heavy atom. The molecule has 0 bridgehead atoms. The molecule has 1 aromatic heterocycles.